The minimum atomic E-state index is -1.57. The first-order valence-electron chi connectivity index (χ1n) is 6.30. The molecule has 0 bridgehead atoms. The molecule has 1 aliphatic carbocycles. The van der Waals surface area contributed by atoms with Crippen LogP contribution in [0.15, 0.2) is 23.2 Å². The molecule has 0 aliphatic heterocycles. The average Bonchev–Trinajstić information content (AvgIpc) is 2.27. The molecular formula is C13H26O2Si2. The third kappa shape index (κ3) is 4.35. The van der Waals surface area contributed by atoms with E-state index in [-0.39, 0.29) is 0 Å². The van der Waals surface area contributed by atoms with E-state index in [2.05, 4.69) is 59.2 Å². The molecule has 17 heavy (non-hydrogen) atoms. The zero-order valence-electron chi connectivity index (χ0n) is 12.5. The molecule has 0 heterocycles. The molecule has 0 amide bonds. The molecule has 0 aromatic carbocycles. The van der Waals surface area contributed by atoms with E-state index in [1.165, 1.54) is 5.57 Å². The lowest BCUT2D eigenvalue weighted by atomic mass is 10.2. The first-order valence-corrected chi connectivity index (χ1v) is 13.1. The van der Waals surface area contributed by atoms with E-state index in [9.17, 15) is 0 Å². The van der Waals surface area contributed by atoms with Crippen LogP contribution in [0.25, 0.3) is 0 Å². The summed E-state index contributed by atoms with van der Waals surface area (Å²) in [5, 5.41) is 0. The van der Waals surface area contributed by atoms with Crippen LogP contribution in [-0.2, 0) is 8.85 Å². The predicted molar refractivity (Wildman–Crippen MR) is 78.8 cm³/mol. The van der Waals surface area contributed by atoms with Crippen molar-refractivity contribution >= 4 is 16.6 Å². The van der Waals surface area contributed by atoms with E-state index >= 15 is 0 Å². The maximum atomic E-state index is 6.20. The van der Waals surface area contributed by atoms with E-state index in [0.717, 1.165) is 11.5 Å². The topological polar surface area (TPSA) is 18.5 Å². The molecule has 1 unspecified atom stereocenters. The zero-order chi connectivity index (χ0) is 13.4. The summed E-state index contributed by atoms with van der Waals surface area (Å²) in [6.07, 6.45) is 2.24. The minimum Gasteiger partial charge on any atom is -0.544 e. The molecule has 0 aromatic heterocycles. The largest absolute Gasteiger partial charge is 0.544 e. The Labute approximate surface area is 108 Å². The second kappa shape index (κ2) is 4.65. The summed E-state index contributed by atoms with van der Waals surface area (Å²) in [5.74, 6) is 2.43. The van der Waals surface area contributed by atoms with Gasteiger partial charge >= 0.3 is 0 Å². The van der Waals surface area contributed by atoms with Gasteiger partial charge in [-0.25, -0.2) is 0 Å². The number of rotatable bonds is 4. The van der Waals surface area contributed by atoms with Crippen molar-refractivity contribution in [2.75, 3.05) is 0 Å². The molecule has 0 radical (unpaired) electrons. The third-order valence-corrected chi connectivity index (χ3v) is 3.97. The second-order valence-electron chi connectivity index (χ2n) is 6.76. The summed E-state index contributed by atoms with van der Waals surface area (Å²) in [6.45, 7) is 17.6. The van der Waals surface area contributed by atoms with Crippen LogP contribution < -0.4 is 0 Å². The van der Waals surface area contributed by atoms with Gasteiger partial charge in [-0.2, -0.15) is 0 Å². The molecular weight excluding hydrogens is 244 g/mol. The fourth-order valence-electron chi connectivity index (χ4n) is 1.83. The van der Waals surface area contributed by atoms with Gasteiger partial charge in [-0.15, -0.1) is 0 Å². The molecule has 0 N–H and O–H groups in total. The highest BCUT2D eigenvalue weighted by atomic mass is 28.4. The van der Waals surface area contributed by atoms with Crippen molar-refractivity contribution in [3.8, 4) is 0 Å². The van der Waals surface area contributed by atoms with Gasteiger partial charge in [0.05, 0.1) is 0 Å². The van der Waals surface area contributed by atoms with Gasteiger partial charge in [0.2, 0.25) is 16.6 Å². The summed E-state index contributed by atoms with van der Waals surface area (Å²) in [4.78, 5) is 0. The molecule has 0 aromatic rings. The Bertz CT molecular complexity index is 357. The zero-order valence-corrected chi connectivity index (χ0v) is 14.5. The summed E-state index contributed by atoms with van der Waals surface area (Å²) in [6, 6.07) is 0. The lowest BCUT2D eigenvalue weighted by Gasteiger charge is -2.27. The first kappa shape index (κ1) is 14.6. The highest BCUT2D eigenvalue weighted by Gasteiger charge is 2.31. The van der Waals surface area contributed by atoms with Crippen LogP contribution in [-0.4, -0.2) is 16.6 Å². The van der Waals surface area contributed by atoms with Gasteiger partial charge in [-0.3, -0.25) is 0 Å². The lowest BCUT2D eigenvalue weighted by molar-refractivity contribution is 0.329. The third-order valence-electron chi connectivity index (χ3n) is 2.32. The van der Waals surface area contributed by atoms with Gasteiger partial charge in [0.25, 0.3) is 0 Å². The summed E-state index contributed by atoms with van der Waals surface area (Å²) < 4.78 is 12.4. The molecule has 0 spiro atoms. The van der Waals surface area contributed by atoms with Crippen molar-refractivity contribution in [3.63, 3.8) is 0 Å². The van der Waals surface area contributed by atoms with Crippen molar-refractivity contribution in [1.82, 2.24) is 0 Å². The number of hydrogen-bond donors (Lipinski definition) is 0. The lowest BCUT2D eigenvalue weighted by Crippen LogP contribution is -2.29. The molecule has 0 saturated heterocycles. The Morgan fingerprint density at radius 3 is 1.82 bits per heavy atom. The Morgan fingerprint density at radius 1 is 0.941 bits per heavy atom. The van der Waals surface area contributed by atoms with Gasteiger partial charge < -0.3 is 8.85 Å². The maximum absolute atomic E-state index is 6.20. The second-order valence-corrected chi connectivity index (χ2v) is 15.6. The number of hydrogen-bond acceptors (Lipinski definition) is 2. The van der Waals surface area contributed by atoms with Crippen molar-refractivity contribution in [2.24, 2.45) is 5.92 Å². The summed E-state index contributed by atoms with van der Waals surface area (Å²) >= 11 is 0. The molecule has 98 valence electrons. The van der Waals surface area contributed by atoms with E-state index in [1.54, 1.807) is 0 Å². The summed E-state index contributed by atoms with van der Waals surface area (Å²) in [7, 11) is -3.14. The Morgan fingerprint density at radius 2 is 1.41 bits per heavy atom. The van der Waals surface area contributed by atoms with Crippen LogP contribution in [0.2, 0.25) is 39.3 Å². The van der Waals surface area contributed by atoms with E-state index in [0.29, 0.717) is 5.92 Å². The fraction of sp³-hybridized carbons (Fsp3) is 0.692. The highest BCUT2D eigenvalue weighted by molar-refractivity contribution is 6.70. The van der Waals surface area contributed by atoms with E-state index in [1.807, 2.05) is 0 Å². The van der Waals surface area contributed by atoms with Crippen LogP contribution in [0.5, 0.6) is 0 Å². The Hall–Kier alpha value is -0.486. The monoisotopic (exact) mass is 270 g/mol. The molecule has 2 nitrogen and oxygen atoms in total. The van der Waals surface area contributed by atoms with Gasteiger partial charge in [0.15, 0.2) is 0 Å². The van der Waals surface area contributed by atoms with Crippen LogP contribution >= 0.6 is 0 Å². The number of allylic oxidation sites excluding steroid dienone is 2. The Kier molecular flexibility index (Phi) is 3.99. The van der Waals surface area contributed by atoms with Gasteiger partial charge in [0, 0.05) is 5.92 Å². The normalized spacial score (nSPS) is 21.6. The standard InChI is InChI=1S/C13H26O2Si2/c1-10-9-11(2)13(15-17(6,7)8)12(10)14-16(3,4)5/h9-10H,1-8H3. The quantitative estimate of drug-likeness (QED) is 0.700. The van der Waals surface area contributed by atoms with E-state index < -0.39 is 16.6 Å². The van der Waals surface area contributed by atoms with Gasteiger partial charge in [-0.1, -0.05) is 13.0 Å². The highest BCUT2D eigenvalue weighted by Crippen LogP contribution is 2.35. The van der Waals surface area contributed by atoms with Crippen LogP contribution in [0.1, 0.15) is 13.8 Å². The maximum Gasteiger partial charge on any atom is 0.242 e. The fourth-order valence-corrected chi connectivity index (χ4v) is 3.65. The van der Waals surface area contributed by atoms with Crippen molar-refractivity contribution < 1.29 is 8.85 Å². The van der Waals surface area contributed by atoms with Crippen LogP contribution in [0.4, 0.5) is 0 Å². The van der Waals surface area contributed by atoms with E-state index in [4.69, 9.17) is 8.85 Å². The van der Waals surface area contributed by atoms with Crippen molar-refractivity contribution in [1.29, 1.82) is 0 Å². The molecule has 1 atom stereocenters. The van der Waals surface area contributed by atoms with Gasteiger partial charge in [-0.05, 0) is 51.8 Å². The Balaban J connectivity index is 3.02. The minimum absolute atomic E-state index is 0.355. The predicted octanol–water partition coefficient (Wildman–Crippen LogP) is 4.50. The smallest absolute Gasteiger partial charge is 0.242 e. The first-order chi connectivity index (χ1) is 7.49. The molecule has 1 rings (SSSR count). The molecule has 1 aliphatic rings. The SMILES string of the molecule is CC1=CC(C)C(O[Si](C)(C)C)=C1O[Si](C)(C)C. The average molecular weight is 271 g/mol. The summed E-state index contributed by atoms with van der Waals surface area (Å²) in [5.41, 5.74) is 1.23. The van der Waals surface area contributed by atoms with Crippen LogP contribution in [0.3, 0.4) is 0 Å². The molecule has 0 fully saturated rings. The van der Waals surface area contributed by atoms with Crippen molar-refractivity contribution in [3.05, 3.63) is 23.2 Å². The molecule has 4 heteroatoms. The molecule has 0 saturated carbocycles. The van der Waals surface area contributed by atoms with Crippen molar-refractivity contribution in [2.45, 2.75) is 53.1 Å². The van der Waals surface area contributed by atoms with Gasteiger partial charge in [0.1, 0.15) is 11.5 Å². The van der Waals surface area contributed by atoms with Crippen LogP contribution in [0, 0.1) is 5.92 Å².